The van der Waals surface area contributed by atoms with E-state index < -0.39 is 12.0 Å². The molecule has 1 aromatic carbocycles. The van der Waals surface area contributed by atoms with Crippen molar-refractivity contribution in [3.63, 3.8) is 0 Å². The van der Waals surface area contributed by atoms with Gasteiger partial charge in [-0.1, -0.05) is 31.2 Å². The van der Waals surface area contributed by atoms with Gasteiger partial charge in [0.1, 0.15) is 17.6 Å². The van der Waals surface area contributed by atoms with E-state index in [-0.39, 0.29) is 29.9 Å². The number of nitrogens with one attached hydrogen (secondary N) is 1. The van der Waals surface area contributed by atoms with Crippen LogP contribution in [0.4, 0.5) is 0 Å². The third kappa shape index (κ3) is 6.73. The summed E-state index contributed by atoms with van der Waals surface area (Å²) >= 11 is 0. The fraction of sp³-hybridized carbons (Fsp3) is 0.522. The van der Waals surface area contributed by atoms with E-state index in [0.717, 1.165) is 24.2 Å². The minimum absolute atomic E-state index is 0.0169. The number of ketones is 1. The number of rotatable bonds is 10. The first-order valence-electron chi connectivity index (χ1n) is 10.2. The lowest BCUT2D eigenvalue weighted by molar-refractivity contribution is -0.145. The lowest BCUT2D eigenvalue weighted by Gasteiger charge is -2.20. The van der Waals surface area contributed by atoms with Crippen molar-refractivity contribution in [2.24, 2.45) is 11.8 Å². The van der Waals surface area contributed by atoms with Crippen LogP contribution in [0.15, 0.2) is 36.4 Å². The second-order valence-corrected chi connectivity index (χ2v) is 7.39. The van der Waals surface area contributed by atoms with Crippen LogP contribution < -0.4 is 10.1 Å². The minimum Gasteiger partial charge on any atom is -0.497 e. The number of Topliss-reactive ketones (excluding diaryl/α,β-unsaturated/α-hetero) is 1. The summed E-state index contributed by atoms with van der Waals surface area (Å²) in [6.45, 7) is 2.05. The molecule has 2 rings (SSSR count). The second kappa shape index (κ2) is 11.4. The Morgan fingerprint density at radius 3 is 2.55 bits per heavy atom. The lowest BCUT2D eigenvalue weighted by atomic mass is 9.89. The van der Waals surface area contributed by atoms with Crippen LogP contribution in [-0.2, 0) is 25.5 Å². The first kappa shape index (κ1) is 22.7. The highest BCUT2D eigenvalue weighted by atomic mass is 16.5. The molecule has 1 aliphatic rings. The molecule has 1 aliphatic carbocycles. The number of allylic oxidation sites excluding steroid dienone is 2. The summed E-state index contributed by atoms with van der Waals surface area (Å²) in [5, 5.41) is 2.80. The van der Waals surface area contributed by atoms with Gasteiger partial charge in [0.15, 0.2) is 0 Å². The van der Waals surface area contributed by atoms with Gasteiger partial charge in [-0.15, -0.1) is 0 Å². The molecule has 0 radical (unpaired) electrons. The summed E-state index contributed by atoms with van der Waals surface area (Å²) < 4.78 is 10.0. The highest BCUT2D eigenvalue weighted by molar-refractivity contribution is 5.87. The van der Waals surface area contributed by atoms with Gasteiger partial charge in [-0.2, -0.15) is 0 Å². The predicted octanol–water partition coefficient (Wildman–Crippen LogP) is 3.24. The van der Waals surface area contributed by atoms with Gasteiger partial charge >= 0.3 is 5.97 Å². The maximum Gasteiger partial charge on any atom is 0.328 e. The topological polar surface area (TPSA) is 81.7 Å². The molecule has 0 saturated heterocycles. The molecule has 0 bridgehead atoms. The van der Waals surface area contributed by atoms with Gasteiger partial charge in [-0.3, -0.25) is 9.59 Å². The van der Waals surface area contributed by atoms with Crippen LogP contribution in [0.25, 0.3) is 0 Å². The smallest absolute Gasteiger partial charge is 0.328 e. The normalized spacial score (nSPS) is 19.9. The van der Waals surface area contributed by atoms with E-state index >= 15 is 0 Å². The number of carbonyl (C=O) groups excluding carboxylic acids is 3. The Kier molecular flexibility index (Phi) is 8.90. The molecule has 1 aromatic rings. The summed E-state index contributed by atoms with van der Waals surface area (Å²) in [5.41, 5.74) is 0.889. The molecule has 158 valence electrons. The number of ether oxygens (including phenoxy) is 2. The molecular weight excluding hydrogens is 370 g/mol. The van der Waals surface area contributed by atoms with Crippen molar-refractivity contribution in [3.8, 4) is 5.75 Å². The zero-order valence-electron chi connectivity index (χ0n) is 17.5. The van der Waals surface area contributed by atoms with Crippen molar-refractivity contribution < 1.29 is 23.9 Å². The van der Waals surface area contributed by atoms with Crippen molar-refractivity contribution in [1.29, 1.82) is 0 Å². The molecule has 0 aliphatic heterocycles. The maximum absolute atomic E-state index is 12.6. The van der Waals surface area contributed by atoms with E-state index in [9.17, 15) is 14.4 Å². The van der Waals surface area contributed by atoms with Crippen LogP contribution in [0.5, 0.6) is 5.75 Å². The Labute approximate surface area is 172 Å². The minimum atomic E-state index is -0.767. The van der Waals surface area contributed by atoms with Gasteiger partial charge in [0, 0.05) is 25.2 Å². The molecular formula is C23H31NO5. The van der Waals surface area contributed by atoms with E-state index in [1.54, 1.807) is 7.11 Å². The van der Waals surface area contributed by atoms with E-state index in [1.807, 2.05) is 43.3 Å². The summed E-state index contributed by atoms with van der Waals surface area (Å²) in [4.78, 5) is 37.0. The zero-order valence-corrected chi connectivity index (χ0v) is 17.5. The van der Waals surface area contributed by atoms with E-state index in [1.165, 1.54) is 7.11 Å². The highest BCUT2D eigenvalue weighted by Gasteiger charge is 2.35. The third-order valence-electron chi connectivity index (χ3n) is 5.40. The molecule has 6 nitrogen and oxygen atoms in total. The number of benzene rings is 1. The van der Waals surface area contributed by atoms with Crippen molar-refractivity contribution in [3.05, 3.63) is 42.0 Å². The van der Waals surface area contributed by atoms with Crippen LogP contribution in [0, 0.1) is 11.8 Å². The van der Waals surface area contributed by atoms with E-state index in [0.29, 0.717) is 19.3 Å². The Hall–Kier alpha value is -2.63. The fourth-order valence-corrected chi connectivity index (χ4v) is 3.78. The summed E-state index contributed by atoms with van der Waals surface area (Å²) in [6.07, 6.45) is 7.49. The predicted molar refractivity (Wildman–Crippen MR) is 111 cm³/mol. The Morgan fingerprint density at radius 2 is 1.93 bits per heavy atom. The number of hydrogen-bond acceptors (Lipinski definition) is 5. The summed E-state index contributed by atoms with van der Waals surface area (Å²) in [7, 11) is 2.90. The van der Waals surface area contributed by atoms with Crippen LogP contribution in [0.3, 0.4) is 0 Å². The number of methoxy groups -OCH3 is 2. The van der Waals surface area contributed by atoms with Crippen LogP contribution in [0.2, 0.25) is 0 Å². The van der Waals surface area contributed by atoms with Gasteiger partial charge in [0.25, 0.3) is 0 Å². The number of hydrogen-bond donors (Lipinski definition) is 1. The van der Waals surface area contributed by atoms with E-state index in [2.05, 4.69) is 5.32 Å². The van der Waals surface area contributed by atoms with Crippen LogP contribution >= 0.6 is 0 Å². The fourth-order valence-electron chi connectivity index (χ4n) is 3.78. The van der Waals surface area contributed by atoms with Crippen molar-refractivity contribution in [2.45, 2.75) is 51.5 Å². The van der Waals surface area contributed by atoms with Gasteiger partial charge in [0.2, 0.25) is 5.91 Å². The monoisotopic (exact) mass is 401 g/mol. The average Bonchev–Trinajstić information content (AvgIpc) is 3.07. The van der Waals surface area contributed by atoms with Crippen LogP contribution in [-0.4, -0.2) is 37.9 Å². The first-order chi connectivity index (χ1) is 14.0. The van der Waals surface area contributed by atoms with Gasteiger partial charge in [0.05, 0.1) is 14.2 Å². The standard InChI is InChI=1S/C23H31NO5/c1-4-5-6-7-19-17(10-13-21(19)25)15-22(26)24-20(23(27)29-3)14-16-8-11-18(28-2)12-9-16/h5-6,8-9,11-12,17,19-20H,4,7,10,13-15H2,1-3H3,(H,24,26)/b6-5-/t17-,19-,20+/m1/s1. The van der Waals surface area contributed by atoms with E-state index in [4.69, 9.17) is 9.47 Å². The molecule has 1 saturated carbocycles. The Morgan fingerprint density at radius 1 is 1.21 bits per heavy atom. The Bertz CT molecular complexity index is 725. The molecule has 29 heavy (non-hydrogen) atoms. The van der Waals surface area contributed by atoms with Crippen molar-refractivity contribution >= 4 is 17.7 Å². The molecule has 0 aromatic heterocycles. The first-order valence-corrected chi connectivity index (χ1v) is 10.2. The molecule has 6 heteroatoms. The van der Waals surface area contributed by atoms with Crippen LogP contribution in [0.1, 0.15) is 44.6 Å². The molecule has 3 atom stereocenters. The molecule has 1 amide bonds. The summed E-state index contributed by atoms with van der Waals surface area (Å²) in [6, 6.07) is 6.56. The summed E-state index contributed by atoms with van der Waals surface area (Å²) in [5.74, 6) is 0.148. The van der Waals surface area contributed by atoms with Gasteiger partial charge < -0.3 is 14.8 Å². The lowest BCUT2D eigenvalue weighted by Crippen LogP contribution is -2.43. The van der Waals surface area contributed by atoms with Gasteiger partial charge in [-0.05, 0) is 42.9 Å². The SMILES string of the molecule is CC/C=C\C[C@H]1C(=O)CC[C@@H]1CC(=O)N[C@@H](Cc1ccc(OC)cc1)C(=O)OC. The largest absolute Gasteiger partial charge is 0.497 e. The van der Waals surface area contributed by atoms with Crippen molar-refractivity contribution in [2.75, 3.05) is 14.2 Å². The maximum atomic E-state index is 12.6. The molecule has 0 unspecified atom stereocenters. The molecule has 0 heterocycles. The van der Waals surface area contributed by atoms with Gasteiger partial charge in [-0.25, -0.2) is 4.79 Å². The molecule has 1 N–H and O–H groups in total. The molecule has 1 fully saturated rings. The molecule has 0 spiro atoms. The number of esters is 1. The third-order valence-corrected chi connectivity index (χ3v) is 5.40. The average molecular weight is 402 g/mol. The Balaban J connectivity index is 1.98. The second-order valence-electron chi connectivity index (χ2n) is 7.39. The van der Waals surface area contributed by atoms with Crippen molar-refractivity contribution in [1.82, 2.24) is 5.32 Å². The number of carbonyl (C=O) groups is 3. The highest BCUT2D eigenvalue weighted by Crippen LogP contribution is 2.34. The quantitative estimate of drug-likeness (QED) is 0.481. The zero-order chi connectivity index (χ0) is 21.2. The number of amides is 1.